The van der Waals surface area contributed by atoms with Crippen LogP contribution in [0.1, 0.15) is 25.5 Å². The third-order valence-electron chi connectivity index (χ3n) is 1.88. The summed E-state index contributed by atoms with van der Waals surface area (Å²) in [4.78, 5) is 4.74. The van der Waals surface area contributed by atoms with Crippen LogP contribution < -0.4 is 0 Å². The Morgan fingerprint density at radius 2 is 1.77 bits per heavy atom. The second kappa shape index (κ2) is 4.97. The van der Waals surface area contributed by atoms with Gasteiger partial charge >= 0.3 is 0 Å². The summed E-state index contributed by atoms with van der Waals surface area (Å²) in [6.45, 7) is 3.99. The Morgan fingerprint density at radius 1 is 1.15 bits per heavy atom. The van der Waals surface area contributed by atoms with E-state index in [1.54, 1.807) is 0 Å². The summed E-state index contributed by atoms with van der Waals surface area (Å²) in [7, 11) is 0. The molecule has 0 radical (unpaired) electrons. The zero-order chi connectivity index (χ0) is 9.68. The Hall–Kier alpha value is -0.900. The van der Waals surface area contributed by atoms with Gasteiger partial charge in [-0.25, -0.2) is 5.26 Å². The van der Waals surface area contributed by atoms with E-state index in [4.69, 9.17) is 10.1 Å². The predicted octanol–water partition coefficient (Wildman–Crippen LogP) is 2.80. The molecule has 0 aliphatic heterocycles. The molecular formula is C10H14O3. The number of hydrogen-bond acceptors (Lipinski definition) is 3. The van der Waals surface area contributed by atoms with E-state index in [0.29, 0.717) is 0 Å². The van der Waals surface area contributed by atoms with E-state index in [1.807, 2.05) is 44.2 Å². The summed E-state index contributed by atoms with van der Waals surface area (Å²) in [6, 6.07) is 9.64. The van der Waals surface area contributed by atoms with Crippen LogP contribution in [-0.2, 0) is 9.93 Å². The summed E-state index contributed by atoms with van der Waals surface area (Å²) < 4.78 is 0. The van der Waals surface area contributed by atoms with Crippen molar-refractivity contribution >= 4 is 0 Å². The largest absolute Gasteiger partial charge is 0.221 e. The topological polar surface area (TPSA) is 38.7 Å². The molecule has 1 N–H and O–H groups in total. The molecule has 0 saturated carbocycles. The van der Waals surface area contributed by atoms with Gasteiger partial charge in [0.15, 0.2) is 0 Å². The molecule has 0 aliphatic carbocycles. The monoisotopic (exact) mass is 182 g/mol. The molecule has 72 valence electrons. The average molecular weight is 182 g/mol. The molecule has 13 heavy (non-hydrogen) atoms. The first-order valence-corrected chi connectivity index (χ1v) is 4.27. The lowest BCUT2D eigenvalue weighted by molar-refractivity contribution is -0.512. The van der Waals surface area contributed by atoms with E-state index in [-0.39, 0.29) is 12.0 Å². The zero-order valence-electron chi connectivity index (χ0n) is 7.81. The van der Waals surface area contributed by atoms with Gasteiger partial charge in [-0.05, 0) is 11.5 Å². The number of benzene rings is 1. The highest BCUT2D eigenvalue weighted by Gasteiger charge is 2.17. The maximum atomic E-state index is 8.22. The maximum Gasteiger partial charge on any atom is 0.123 e. The Labute approximate surface area is 77.8 Å². The van der Waals surface area contributed by atoms with Crippen molar-refractivity contribution < 1.29 is 15.2 Å². The van der Waals surface area contributed by atoms with Crippen LogP contribution in [0.3, 0.4) is 0 Å². The third kappa shape index (κ3) is 2.81. The van der Waals surface area contributed by atoms with Crippen molar-refractivity contribution in [3.8, 4) is 0 Å². The van der Waals surface area contributed by atoms with E-state index in [9.17, 15) is 0 Å². The van der Waals surface area contributed by atoms with Crippen LogP contribution in [0, 0.1) is 5.92 Å². The summed E-state index contributed by atoms with van der Waals surface area (Å²) in [6.07, 6.45) is -0.230. The maximum absolute atomic E-state index is 8.22. The van der Waals surface area contributed by atoms with E-state index in [1.165, 1.54) is 0 Å². The average Bonchev–Trinajstić information content (AvgIpc) is 2.15. The summed E-state index contributed by atoms with van der Waals surface area (Å²) in [5.41, 5.74) is 0.992. The Bertz CT molecular complexity index is 233. The van der Waals surface area contributed by atoms with Gasteiger partial charge < -0.3 is 0 Å². The number of rotatable bonds is 4. The van der Waals surface area contributed by atoms with Gasteiger partial charge in [0.25, 0.3) is 0 Å². The van der Waals surface area contributed by atoms with Gasteiger partial charge in [-0.1, -0.05) is 49.2 Å². The van der Waals surface area contributed by atoms with Crippen LogP contribution >= 0.6 is 0 Å². The van der Waals surface area contributed by atoms with Crippen LogP contribution in [0.25, 0.3) is 0 Å². The molecule has 0 aliphatic rings. The molecular weight excluding hydrogens is 168 g/mol. The molecule has 1 aromatic rings. The van der Waals surface area contributed by atoms with Crippen LogP contribution in [-0.4, -0.2) is 5.26 Å². The van der Waals surface area contributed by atoms with Crippen LogP contribution in [0.2, 0.25) is 0 Å². The van der Waals surface area contributed by atoms with E-state index in [0.717, 1.165) is 5.56 Å². The fraction of sp³-hybridized carbons (Fsp3) is 0.400. The minimum atomic E-state index is -0.230. The first-order chi connectivity index (χ1) is 6.25. The third-order valence-corrected chi connectivity index (χ3v) is 1.88. The highest BCUT2D eigenvalue weighted by atomic mass is 17.5. The molecule has 0 fully saturated rings. The molecule has 3 nitrogen and oxygen atoms in total. The molecule has 0 heterocycles. The van der Waals surface area contributed by atoms with Gasteiger partial charge in [-0.15, -0.1) is 0 Å². The first kappa shape index (κ1) is 10.2. The summed E-state index contributed by atoms with van der Waals surface area (Å²) >= 11 is 0. The minimum Gasteiger partial charge on any atom is -0.221 e. The van der Waals surface area contributed by atoms with E-state index < -0.39 is 0 Å². The second-order valence-electron chi connectivity index (χ2n) is 3.25. The molecule has 0 saturated heterocycles. The molecule has 0 bridgehead atoms. The lowest BCUT2D eigenvalue weighted by atomic mass is 9.99. The van der Waals surface area contributed by atoms with Crippen molar-refractivity contribution in [2.24, 2.45) is 5.92 Å². The van der Waals surface area contributed by atoms with E-state index >= 15 is 0 Å². The molecule has 1 unspecified atom stereocenters. The second-order valence-corrected chi connectivity index (χ2v) is 3.25. The van der Waals surface area contributed by atoms with Crippen molar-refractivity contribution in [1.29, 1.82) is 0 Å². The highest BCUT2D eigenvalue weighted by Crippen LogP contribution is 2.25. The molecule has 3 heteroatoms. The van der Waals surface area contributed by atoms with Gasteiger partial charge in [-0.2, -0.15) is 4.89 Å². The van der Waals surface area contributed by atoms with Crippen molar-refractivity contribution in [2.75, 3.05) is 0 Å². The van der Waals surface area contributed by atoms with Crippen LogP contribution in [0.15, 0.2) is 30.3 Å². The zero-order valence-corrected chi connectivity index (χ0v) is 7.81. The Kier molecular flexibility index (Phi) is 3.89. The molecule has 1 aromatic carbocycles. The normalized spacial score (nSPS) is 13.2. The van der Waals surface area contributed by atoms with Gasteiger partial charge in [0.1, 0.15) is 6.10 Å². The van der Waals surface area contributed by atoms with Gasteiger partial charge in [-0.3, -0.25) is 0 Å². The van der Waals surface area contributed by atoms with Crippen molar-refractivity contribution in [2.45, 2.75) is 20.0 Å². The lowest BCUT2D eigenvalue weighted by Crippen LogP contribution is -2.10. The Balaban J connectivity index is 2.76. The highest BCUT2D eigenvalue weighted by molar-refractivity contribution is 5.17. The smallest absolute Gasteiger partial charge is 0.123 e. The fourth-order valence-electron chi connectivity index (χ4n) is 1.24. The van der Waals surface area contributed by atoms with Gasteiger partial charge in [0.2, 0.25) is 0 Å². The molecule has 0 amide bonds. The number of hydrogen-bond donors (Lipinski definition) is 1. The SMILES string of the molecule is CC(C)C(OOO)c1ccccc1. The quantitative estimate of drug-likeness (QED) is 0.574. The van der Waals surface area contributed by atoms with Crippen molar-refractivity contribution in [3.05, 3.63) is 35.9 Å². The minimum absolute atomic E-state index is 0.230. The fourth-order valence-corrected chi connectivity index (χ4v) is 1.24. The van der Waals surface area contributed by atoms with Gasteiger partial charge in [0, 0.05) is 0 Å². The van der Waals surface area contributed by atoms with Crippen molar-refractivity contribution in [1.82, 2.24) is 0 Å². The first-order valence-electron chi connectivity index (χ1n) is 4.27. The predicted molar refractivity (Wildman–Crippen MR) is 48.8 cm³/mol. The van der Waals surface area contributed by atoms with Crippen molar-refractivity contribution in [3.63, 3.8) is 0 Å². The lowest BCUT2D eigenvalue weighted by Gasteiger charge is -2.17. The molecule has 0 aromatic heterocycles. The summed E-state index contributed by atoms with van der Waals surface area (Å²) in [5.74, 6) is 0.245. The van der Waals surface area contributed by atoms with Gasteiger partial charge in [0.05, 0.1) is 0 Å². The van der Waals surface area contributed by atoms with E-state index in [2.05, 4.69) is 5.04 Å². The Morgan fingerprint density at radius 3 is 2.23 bits per heavy atom. The summed E-state index contributed by atoms with van der Waals surface area (Å²) in [5, 5.41) is 11.9. The van der Waals surface area contributed by atoms with Crippen LogP contribution in [0.5, 0.6) is 0 Å². The van der Waals surface area contributed by atoms with Crippen LogP contribution in [0.4, 0.5) is 0 Å². The molecule has 1 rings (SSSR count). The molecule has 1 atom stereocenters. The standard InChI is InChI=1S/C10H14O3/c1-8(2)10(12-13-11)9-6-4-3-5-7-9/h3-8,10-11H,1-2H3. The molecule has 0 spiro atoms.